The third kappa shape index (κ3) is 4.49. The molecular formula is C22H25N5O3. The van der Waals surface area contributed by atoms with E-state index in [2.05, 4.69) is 32.6 Å². The highest BCUT2D eigenvalue weighted by atomic mass is 16.5. The van der Waals surface area contributed by atoms with Crippen molar-refractivity contribution in [1.29, 1.82) is 0 Å². The first kappa shape index (κ1) is 20.0. The zero-order valence-corrected chi connectivity index (χ0v) is 16.9. The summed E-state index contributed by atoms with van der Waals surface area (Å²) in [6.45, 7) is 3.38. The van der Waals surface area contributed by atoms with Gasteiger partial charge in [0.2, 0.25) is 0 Å². The van der Waals surface area contributed by atoms with E-state index in [4.69, 9.17) is 4.74 Å². The second-order valence-electron chi connectivity index (χ2n) is 7.44. The van der Waals surface area contributed by atoms with Crippen LogP contribution >= 0.6 is 0 Å². The smallest absolute Gasteiger partial charge is 0.252 e. The zero-order valence-electron chi connectivity index (χ0n) is 16.9. The lowest BCUT2D eigenvalue weighted by molar-refractivity contribution is 0.0907. The van der Waals surface area contributed by atoms with Crippen molar-refractivity contribution in [2.75, 3.05) is 13.2 Å². The van der Waals surface area contributed by atoms with Crippen molar-refractivity contribution in [1.82, 2.24) is 25.1 Å². The zero-order chi connectivity index (χ0) is 20.9. The maximum absolute atomic E-state index is 12.6. The third-order valence-electron chi connectivity index (χ3n) is 5.47. The van der Waals surface area contributed by atoms with E-state index < -0.39 is 0 Å². The van der Waals surface area contributed by atoms with Gasteiger partial charge in [-0.15, -0.1) is 0 Å². The molecule has 1 saturated carbocycles. The number of rotatable bonds is 8. The number of nitrogens with one attached hydrogen (secondary N) is 2. The van der Waals surface area contributed by atoms with Crippen LogP contribution in [0.5, 0.6) is 0 Å². The molecule has 4 rings (SSSR count). The molecule has 0 unspecified atom stereocenters. The van der Waals surface area contributed by atoms with Crippen molar-refractivity contribution in [3.8, 4) is 11.4 Å². The highest BCUT2D eigenvalue weighted by Crippen LogP contribution is 2.37. The molecule has 2 heterocycles. The molecule has 1 fully saturated rings. The largest absolute Gasteiger partial charge is 0.380 e. The molecule has 1 aromatic carbocycles. The molecule has 0 spiro atoms. The topological polar surface area (TPSA) is 102 Å². The van der Waals surface area contributed by atoms with E-state index in [-0.39, 0.29) is 17.5 Å². The molecule has 8 nitrogen and oxygen atoms in total. The van der Waals surface area contributed by atoms with Gasteiger partial charge in [0.15, 0.2) is 5.82 Å². The molecule has 156 valence electrons. The maximum atomic E-state index is 12.6. The van der Waals surface area contributed by atoms with Gasteiger partial charge in [0.25, 0.3) is 11.5 Å². The fourth-order valence-corrected chi connectivity index (χ4v) is 3.68. The average molecular weight is 407 g/mol. The first-order valence-electron chi connectivity index (χ1n) is 10.2. The Hall–Kier alpha value is -3.26. The van der Waals surface area contributed by atoms with Crippen molar-refractivity contribution in [3.63, 3.8) is 0 Å². The monoisotopic (exact) mass is 407 g/mol. The molecule has 30 heavy (non-hydrogen) atoms. The fourth-order valence-electron chi connectivity index (χ4n) is 3.68. The summed E-state index contributed by atoms with van der Waals surface area (Å²) < 4.78 is 6.82. The lowest BCUT2D eigenvalue weighted by atomic mass is 9.75. The predicted molar refractivity (Wildman–Crippen MR) is 112 cm³/mol. The minimum atomic E-state index is -0.149. The van der Waals surface area contributed by atoms with E-state index in [1.165, 1.54) is 22.5 Å². The number of ether oxygens (including phenoxy) is 1. The molecule has 3 aromatic rings. The van der Waals surface area contributed by atoms with Crippen molar-refractivity contribution < 1.29 is 9.53 Å². The van der Waals surface area contributed by atoms with Gasteiger partial charge >= 0.3 is 0 Å². The first-order valence-corrected chi connectivity index (χ1v) is 10.2. The first-order chi connectivity index (χ1) is 14.6. The molecule has 1 amide bonds. The standard InChI is InChI=1S/C22H25N5O3/c1-2-30-10-9-27-13-17(7-8-20(27)28)22(29)25-19-11-18(12-19)15-3-5-16(6-4-15)21-23-14-24-26-21/h3-8,13-14,18-19H,2,9-12H2,1H3,(H,25,29)(H,23,24,26). The molecule has 0 atom stereocenters. The number of hydrogen-bond donors (Lipinski definition) is 2. The number of amides is 1. The second-order valence-corrected chi connectivity index (χ2v) is 7.44. The van der Waals surface area contributed by atoms with E-state index in [1.54, 1.807) is 12.3 Å². The summed E-state index contributed by atoms with van der Waals surface area (Å²) in [6.07, 6.45) is 4.90. The number of benzene rings is 1. The Morgan fingerprint density at radius 1 is 1.23 bits per heavy atom. The lowest BCUT2D eigenvalue weighted by Gasteiger charge is -2.36. The SMILES string of the molecule is CCOCCn1cc(C(=O)NC2CC(c3ccc(-c4ncn[nH]4)cc3)C2)ccc1=O. The normalized spacial score (nSPS) is 18.0. The van der Waals surface area contributed by atoms with Crippen LogP contribution in [0.2, 0.25) is 0 Å². The van der Waals surface area contributed by atoms with Gasteiger partial charge in [0.05, 0.1) is 12.2 Å². The summed E-state index contributed by atoms with van der Waals surface area (Å²) >= 11 is 0. The number of aromatic nitrogens is 4. The molecule has 0 saturated heterocycles. The molecule has 0 aliphatic heterocycles. The highest BCUT2D eigenvalue weighted by Gasteiger charge is 2.31. The summed E-state index contributed by atoms with van der Waals surface area (Å²) in [6, 6.07) is 11.4. The average Bonchev–Trinajstić information content (AvgIpc) is 3.27. The van der Waals surface area contributed by atoms with E-state index in [0.29, 0.717) is 31.2 Å². The van der Waals surface area contributed by atoms with Gasteiger partial charge in [-0.25, -0.2) is 4.98 Å². The fraction of sp³-hybridized carbons (Fsp3) is 0.364. The number of carbonyl (C=O) groups is 1. The van der Waals surface area contributed by atoms with Crippen LogP contribution in [0.1, 0.15) is 41.6 Å². The Morgan fingerprint density at radius 3 is 2.73 bits per heavy atom. The third-order valence-corrected chi connectivity index (χ3v) is 5.47. The maximum Gasteiger partial charge on any atom is 0.252 e. The van der Waals surface area contributed by atoms with Crippen molar-refractivity contribution in [3.05, 3.63) is 70.4 Å². The van der Waals surface area contributed by atoms with Crippen LogP contribution in [0, 0.1) is 0 Å². The summed E-state index contributed by atoms with van der Waals surface area (Å²) in [5.41, 5.74) is 2.61. The van der Waals surface area contributed by atoms with Gasteiger partial charge in [0.1, 0.15) is 6.33 Å². The van der Waals surface area contributed by atoms with Crippen LogP contribution in [-0.4, -0.2) is 44.9 Å². The van der Waals surface area contributed by atoms with Crippen LogP contribution in [0.15, 0.2) is 53.7 Å². The quantitative estimate of drug-likeness (QED) is 0.558. The highest BCUT2D eigenvalue weighted by molar-refractivity contribution is 5.94. The van der Waals surface area contributed by atoms with E-state index >= 15 is 0 Å². The van der Waals surface area contributed by atoms with Gasteiger partial charge in [-0.05, 0) is 37.3 Å². The van der Waals surface area contributed by atoms with Crippen molar-refractivity contribution >= 4 is 5.91 Å². The number of H-pyrrole nitrogens is 1. The number of aromatic amines is 1. The second kappa shape index (κ2) is 9.04. The van der Waals surface area contributed by atoms with Gasteiger partial charge in [-0.3, -0.25) is 14.7 Å². The van der Waals surface area contributed by atoms with Gasteiger partial charge in [0, 0.05) is 37.0 Å². The molecule has 0 bridgehead atoms. The lowest BCUT2D eigenvalue weighted by Crippen LogP contribution is -2.43. The predicted octanol–water partition coefficient (Wildman–Crippen LogP) is 2.35. The van der Waals surface area contributed by atoms with Crippen LogP contribution in [0.4, 0.5) is 0 Å². The van der Waals surface area contributed by atoms with Crippen LogP contribution in [0.3, 0.4) is 0 Å². The Balaban J connectivity index is 1.31. The molecule has 2 N–H and O–H groups in total. The number of pyridine rings is 1. The minimum absolute atomic E-state index is 0.135. The van der Waals surface area contributed by atoms with Crippen LogP contribution < -0.4 is 10.9 Å². The van der Waals surface area contributed by atoms with E-state index in [9.17, 15) is 9.59 Å². The molecule has 2 aromatic heterocycles. The number of carbonyl (C=O) groups excluding carboxylic acids is 1. The summed E-state index contributed by atoms with van der Waals surface area (Å²) in [5.74, 6) is 1.03. The molecular weight excluding hydrogens is 382 g/mol. The van der Waals surface area contributed by atoms with Gasteiger partial charge in [-0.1, -0.05) is 24.3 Å². The molecule has 0 radical (unpaired) electrons. The Morgan fingerprint density at radius 2 is 2.03 bits per heavy atom. The van der Waals surface area contributed by atoms with Crippen molar-refractivity contribution in [2.45, 2.75) is 38.3 Å². The summed E-state index contributed by atoms with van der Waals surface area (Å²) in [5, 5.41) is 9.80. The number of nitrogens with zero attached hydrogens (tertiary/aromatic N) is 3. The number of hydrogen-bond acceptors (Lipinski definition) is 5. The van der Waals surface area contributed by atoms with Crippen LogP contribution in [-0.2, 0) is 11.3 Å². The summed E-state index contributed by atoms with van der Waals surface area (Å²) in [4.78, 5) is 28.7. The van der Waals surface area contributed by atoms with Gasteiger partial charge < -0.3 is 14.6 Å². The van der Waals surface area contributed by atoms with Crippen LogP contribution in [0.25, 0.3) is 11.4 Å². The Kier molecular flexibility index (Phi) is 6.04. The van der Waals surface area contributed by atoms with Gasteiger partial charge in [-0.2, -0.15) is 5.10 Å². The Labute approximate surface area is 174 Å². The Bertz CT molecular complexity index is 1040. The minimum Gasteiger partial charge on any atom is -0.380 e. The molecule has 8 heteroatoms. The van der Waals surface area contributed by atoms with E-state index in [0.717, 1.165) is 24.2 Å². The summed E-state index contributed by atoms with van der Waals surface area (Å²) in [7, 11) is 0. The molecule has 1 aliphatic carbocycles. The van der Waals surface area contributed by atoms with E-state index in [1.807, 2.05) is 19.1 Å². The van der Waals surface area contributed by atoms with Crippen molar-refractivity contribution in [2.24, 2.45) is 0 Å². The molecule has 1 aliphatic rings.